The molecule has 24 heavy (non-hydrogen) atoms. The summed E-state index contributed by atoms with van der Waals surface area (Å²) < 4.78 is 9.50. The molecule has 0 spiro atoms. The summed E-state index contributed by atoms with van der Waals surface area (Å²) in [4.78, 5) is 11.4. The number of rotatable bonds is 6. The van der Waals surface area contributed by atoms with Gasteiger partial charge >= 0.3 is 0 Å². The summed E-state index contributed by atoms with van der Waals surface area (Å²) in [6, 6.07) is 0. The van der Waals surface area contributed by atoms with Crippen molar-refractivity contribution in [3.05, 3.63) is 73.4 Å². The molecule has 0 heterocycles. The second-order valence-electron chi connectivity index (χ2n) is 3.54. The van der Waals surface area contributed by atoms with E-state index in [1.165, 1.54) is 0 Å². The molecule has 0 atom stereocenters. The summed E-state index contributed by atoms with van der Waals surface area (Å²) in [5, 5.41) is 0. The number of allylic oxidation sites excluding steroid dienone is 9. The molecule has 0 amide bonds. The summed E-state index contributed by atoms with van der Waals surface area (Å²) in [5.41, 5.74) is 1.21. The van der Waals surface area contributed by atoms with Crippen LogP contribution in [0, 0.1) is 0 Å². The van der Waals surface area contributed by atoms with E-state index < -0.39 is 0 Å². The van der Waals surface area contributed by atoms with Crippen LogP contribution in [0.3, 0.4) is 0 Å². The first-order valence-corrected chi connectivity index (χ1v) is 8.30. The van der Waals surface area contributed by atoms with Crippen molar-refractivity contribution in [2.24, 2.45) is 0 Å². The molecule has 0 rings (SSSR count). The van der Waals surface area contributed by atoms with Crippen molar-refractivity contribution < 1.29 is 9.18 Å². The Kier molecular flexibility index (Phi) is 52.3. The van der Waals surface area contributed by atoms with Crippen LogP contribution in [0.5, 0.6) is 0 Å². The molecular weight excluding hydrogens is 299 g/mol. The first kappa shape index (κ1) is 33.6. The zero-order valence-corrected chi connectivity index (χ0v) is 17.2. The third-order valence-electron chi connectivity index (χ3n) is 1.97. The van der Waals surface area contributed by atoms with Gasteiger partial charge in [-0.15, -0.1) is 0 Å². The van der Waals surface area contributed by atoms with Gasteiger partial charge in [0.1, 0.15) is 0 Å². The van der Waals surface area contributed by atoms with E-state index in [0.29, 0.717) is 19.2 Å². The smallest absolute Gasteiger partial charge is 0.166 e. The van der Waals surface area contributed by atoms with Gasteiger partial charge in [0, 0.05) is 12.0 Å². The maximum Gasteiger partial charge on any atom is 0.166 e. The number of hydrogen-bond acceptors (Lipinski definition) is 1. The van der Waals surface area contributed by atoms with Gasteiger partial charge in [0.2, 0.25) is 0 Å². The van der Waals surface area contributed by atoms with E-state index in [2.05, 4.69) is 19.7 Å². The maximum absolute atomic E-state index is 11.4. The summed E-state index contributed by atoms with van der Waals surface area (Å²) >= 11 is 0. The van der Waals surface area contributed by atoms with Crippen molar-refractivity contribution in [1.29, 1.82) is 0 Å². The highest BCUT2D eigenvalue weighted by molar-refractivity contribution is 5.98. The molecule has 0 aliphatic rings. The summed E-state index contributed by atoms with van der Waals surface area (Å²) in [7, 11) is 0.500. The number of carbonyl (C=O) groups excluding carboxylic acids is 1. The van der Waals surface area contributed by atoms with E-state index in [-0.39, 0.29) is 5.78 Å². The van der Waals surface area contributed by atoms with E-state index in [9.17, 15) is 9.18 Å². The minimum atomic E-state index is -0.0179. The Bertz CT molecular complexity index is 367. The summed E-state index contributed by atoms with van der Waals surface area (Å²) in [6.45, 7) is 24.8. The van der Waals surface area contributed by atoms with Gasteiger partial charge in [-0.3, -0.25) is 9.18 Å². The van der Waals surface area contributed by atoms with Gasteiger partial charge in [0.25, 0.3) is 0 Å². The first-order valence-electron chi connectivity index (χ1n) is 8.30. The lowest BCUT2D eigenvalue weighted by Gasteiger charge is -1.98. The second-order valence-corrected chi connectivity index (χ2v) is 3.54. The van der Waals surface area contributed by atoms with E-state index in [4.69, 9.17) is 0 Å². The molecule has 0 aliphatic heterocycles. The van der Waals surface area contributed by atoms with E-state index in [0.717, 1.165) is 5.57 Å². The molecule has 1 nitrogen and oxygen atoms in total. The second kappa shape index (κ2) is 37.4. The molecule has 0 aromatic heterocycles. The monoisotopic (exact) mass is 338 g/mol. The Morgan fingerprint density at radius 2 is 1.29 bits per heavy atom. The average molecular weight is 339 g/mol. The number of ketones is 1. The van der Waals surface area contributed by atoms with Crippen LogP contribution in [0.25, 0.3) is 0 Å². The molecule has 0 saturated heterocycles. The maximum atomic E-state index is 11.4. The van der Waals surface area contributed by atoms with E-state index >= 15 is 0 Å². The molecule has 0 radical (unpaired) electrons. The fourth-order valence-electron chi connectivity index (χ4n) is 0.768. The Hall–Kier alpha value is -1.96. The topological polar surface area (TPSA) is 17.1 Å². The predicted octanol–water partition coefficient (Wildman–Crippen LogP) is 7.60. The van der Waals surface area contributed by atoms with Gasteiger partial charge in [0.15, 0.2) is 5.78 Å². The van der Waals surface area contributed by atoms with Crippen molar-refractivity contribution in [3.63, 3.8) is 0 Å². The first-order chi connectivity index (χ1) is 11.5. The van der Waals surface area contributed by atoms with Crippen LogP contribution in [-0.4, -0.2) is 13.0 Å². The Balaban J connectivity index is -0.000000100. The van der Waals surface area contributed by atoms with Gasteiger partial charge in [-0.25, -0.2) is 0 Å². The lowest BCUT2D eigenvalue weighted by atomic mass is 10.1. The van der Waals surface area contributed by atoms with Crippen LogP contribution < -0.4 is 0 Å². The number of halogens is 1. The molecule has 0 N–H and O–H groups in total. The molecule has 0 saturated carbocycles. The highest BCUT2D eigenvalue weighted by atomic mass is 19.1. The largest absolute Gasteiger partial charge is 0.294 e. The van der Waals surface area contributed by atoms with Crippen LogP contribution in [-0.2, 0) is 4.79 Å². The van der Waals surface area contributed by atoms with Gasteiger partial charge in [-0.05, 0) is 26.3 Å². The fourth-order valence-corrected chi connectivity index (χ4v) is 0.768. The summed E-state index contributed by atoms with van der Waals surface area (Å²) in [5.74, 6) is -0.0179. The molecule has 140 valence electrons. The molecule has 0 aromatic rings. The minimum Gasteiger partial charge on any atom is -0.294 e. The zero-order chi connectivity index (χ0) is 20.4. The predicted molar refractivity (Wildman–Crippen MR) is 112 cm³/mol. The van der Waals surface area contributed by atoms with E-state index in [1.54, 1.807) is 18.2 Å². The molecule has 0 aromatic carbocycles. The van der Waals surface area contributed by atoms with Crippen LogP contribution in [0.15, 0.2) is 73.4 Å². The number of alkyl halides is 1. The number of carbonyl (C=O) groups is 1. The van der Waals surface area contributed by atoms with Gasteiger partial charge in [-0.1, -0.05) is 90.0 Å². The lowest BCUT2D eigenvalue weighted by molar-refractivity contribution is -0.114. The summed E-state index contributed by atoms with van der Waals surface area (Å²) in [6.07, 6.45) is 13.1. The standard InChI is InChI=1S/C13H16O.C4H8.2C2H6.CH3F/c1-5-7-8-9-12(4)13(14)10-11(3)6-2;1-3-4-2;3*1-2/h5-9H,2-4,10H2,1H3;3-4H,1-2H3;2*1-2H3;1H3/b7-5-,9-8-;4-3-;;;. The molecular formula is C22H39FO. The quantitative estimate of drug-likeness (QED) is 0.277. The SMILES string of the molecule is C/C=C\C.C=CC(=C)CC(=O)C(=C)/C=C\C=C/C.CC.CC.CF. The van der Waals surface area contributed by atoms with Crippen LogP contribution in [0.2, 0.25) is 0 Å². The fraction of sp³-hybridized carbons (Fsp3) is 0.409. The van der Waals surface area contributed by atoms with Crippen LogP contribution in [0.1, 0.15) is 54.9 Å². The van der Waals surface area contributed by atoms with Crippen molar-refractivity contribution in [2.75, 3.05) is 7.18 Å². The van der Waals surface area contributed by atoms with E-state index in [1.807, 2.05) is 72.8 Å². The lowest BCUT2D eigenvalue weighted by Crippen LogP contribution is -1.99. The van der Waals surface area contributed by atoms with Gasteiger partial charge in [-0.2, -0.15) is 0 Å². The highest BCUT2D eigenvalue weighted by Crippen LogP contribution is 2.06. The number of Topliss-reactive ketones (excluding diaryl/α,β-unsaturated/α-hetero) is 1. The Morgan fingerprint density at radius 1 is 0.875 bits per heavy atom. The molecule has 0 aliphatic carbocycles. The molecule has 2 heteroatoms. The van der Waals surface area contributed by atoms with Crippen LogP contribution >= 0.6 is 0 Å². The van der Waals surface area contributed by atoms with Crippen LogP contribution in [0.4, 0.5) is 4.39 Å². The third kappa shape index (κ3) is 36.9. The normalized spacial score (nSPS) is 8.54. The Morgan fingerprint density at radius 3 is 1.58 bits per heavy atom. The van der Waals surface area contributed by atoms with Gasteiger partial charge in [0.05, 0.1) is 7.18 Å². The highest BCUT2D eigenvalue weighted by Gasteiger charge is 2.03. The number of hydrogen-bond donors (Lipinski definition) is 0. The molecule has 0 bridgehead atoms. The van der Waals surface area contributed by atoms with Gasteiger partial charge < -0.3 is 0 Å². The van der Waals surface area contributed by atoms with Crippen molar-refractivity contribution in [3.8, 4) is 0 Å². The Labute approximate surface area is 151 Å². The third-order valence-corrected chi connectivity index (χ3v) is 1.97. The zero-order valence-electron chi connectivity index (χ0n) is 17.2. The van der Waals surface area contributed by atoms with Crippen molar-refractivity contribution in [1.82, 2.24) is 0 Å². The minimum absolute atomic E-state index is 0.0179. The van der Waals surface area contributed by atoms with Crippen molar-refractivity contribution in [2.45, 2.75) is 54.9 Å². The molecule has 0 fully saturated rings. The molecule has 0 unspecified atom stereocenters. The average Bonchev–Trinajstić information content (AvgIpc) is 2.66. The van der Waals surface area contributed by atoms with Crippen molar-refractivity contribution >= 4 is 5.78 Å².